The molecule has 2 aromatic heterocycles. The van der Waals surface area contributed by atoms with Gasteiger partial charge in [-0.25, -0.2) is 0 Å². The van der Waals surface area contributed by atoms with Gasteiger partial charge in [0.05, 0.1) is 36.2 Å². The number of alkyl halides is 3. The fraction of sp³-hybridized carbons (Fsp3) is 0.391. The van der Waals surface area contributed by atoms with Crippen LogP contribution in [0, 0.1) is 6.92 Å². The van der Waals surface area contributed by atoms with E-state index in [-0.39, 0.29) is 13.1 Å². The van der Waals surface area contributed by atoms with Gasteiger partial charge in [-0.1, -0.05) is 31.0 Å². The van der Waals surface area contributed by atoms with Crippen molar-refractivity contribution in [3.05, 3.63) is 75.0 Å². The summed E-state index contributed by atoms with van der Waals surface area (Å²) in [5.41, 5.74) is -0.944. The number of benzene rings is 1. The Morgan fingerprint density at radius 1 is 1.26 bits per heavy atom. The second kappa shape index (κ2) is 8.96. The van der Waals surface area contributed by atoms with Crippen LogP contribution in [0.5, 0.6) is 5.75 Å². The van der Waals surface area contributed by atoms with Crippen molar-refractivity contribution >= 4 is 5.91 Å². The molecule has 1 aromatic carbocycles. The molecule has 1 aliphatic rings. The molecule has 180 valence electrons. The van der Waals surface area contributed by atoms with Gasteiger partial charge in [-0.05, 0) is 37.5 Å². The number of rotatable bonds is 6. The molecular formula is C23H24F3N5O3. The minimum atomic E-state index is -4.47. The van der Waals surface area contributed by atoms with Crippen LogP contribution in [0.2, 0.25) is 0 Å². The first-order valence-electron chi connectivity index (χ1n) is 10.8. The molecule has 34 heavy (non-hydrogen) atoms. The summed E-state index contributed by atoms with van der Waals surface area (Å²) < 4.78 is 41.2. The summed E-state index contributed by atoms with van der Waals surface area (Å²) in [5, 5.41) is 23.6. The summed E-state index contributed by atoms with van der Waals surface area (Å²) in [7, 11) is 0. The van der Waals surface area contributed by atoms with Gasteiger partial charge in [-0.2, -0.15) is 23.4 Å². The lowest BCUT2D eigenvalue weighted by molar-refractivity contribution is -0.137. The second-order valence-electron chi connectivity index (χ2n) is 8.67. The van der Waals surface area contributed by atoms with Crippen LogP contribution in [0.25, 0.3) is 0 Å². The maximum atomic E-state index is 13.3. The predicted octanol–water partition coefficient (Wildman–Crippen LogP) is 3.44. The Hall–Kier alpha value is -3.63. The van der Waals surface area contributed by atoms with Crippen LogP contribution in [0.1, 0.15) is 58.7 Å². The standard InChI is InChI=1S/C23H24F3N5O3/c1-14-9-17(29-28-14)11-27-21(34)19-20(33)18(32)12-31(30-19)13-22(7-2-3-8-22)15-5-4-6-16(10-15)23(24,25)26/h4-6,9-10,12,32H,2-3,7-8,11,13H2,1H3,(H,27,34)(H,28,29). The molecule has 0 radical (unpaired) electrons. The molecule has 0 saturated heterocycles. The van der Waals surface area contributed by atoms with Gasteiger partial charge in [0.1, 0.15) is 0 Å². The number of H-pyrrole nitrogens is 1. The van der Waals surface area contributed by atoms with E-state index in [9.17, 15) is 27.9 Å². The van der Waals surface area contributed by atoms with Crippen molar-refractivity contribution in [1.29, 1.82) is 0 Å². The third-order valence-electron chi connectivity index (χ3n) is 6.19. The zero-order valence-corrected chi connectivity index (χ0v) is 18.4. The van der Waals surface area contributed by atoms with Gasteiger partial charge in [0.25, 0.3) is 11.3 Å². The molecular weight excluding hydrogens is 451 g/mol. The molecule has 3 N–H and O–H groups in total. The van der Waals surface area contributed by atoms with E-state index in [2.05, 4.69) is 20.6 Å². The first kappa shape index (κ1) is 23.5. The van der Waals surface area contributed by atoms with Gasteiger partial charge in [0.2, 0.25) is 0 Å². The Labute approximate surface area is 192 Å². The first-order valence-corrected chi connectivity index (χ1v) is 10.8. The molecule has 1 saturated carbocycles. The van der Waals surface area contributed by atoms with Crippen LogP contribution in [-0.4, -0.2) is 31.0 Å². The van der Waals surface area contributed by atoms with Crippen LogP contribution in [0.15, 0.2) is 41.3 Å². The number of aromatic hydroxyl groups is 1. The number of halogens is 3. The summed E-state index contributed by atoms with van der Waals surface area (Å²) in [6.07, 6.45) is -0.487. The molecule has 2 heterocycles. The lowest BCUT2D eigenvalue weighted by atomic mass is 9.78. The summed E-state index contributed by atoms with van der Waals surface area (Å²) in [4.78, 5) is 25.0. The number of aromatic nitrogens is 4. The Bertz CT molecular complexity index is 1260. The molecule has 11 heteroatoms. The van der Waals surface area contributed by atoms with E-state index in [1.807, 2.05) is 0 Å². The molecule has 0 atom stereocenters. The molecule has 0 bridgehead atoms. The Morgan fingerprint density at radius 2 is 2.00 bits per heavy atom. The molecule has 0 aliphatic heterocycles. The number of hydrogen-bond donors (Lipinski definition) is 3. The lowest BCUT2D eigenvalue weighted by Gasteiger charge is -2.31. The largest absolute Gasteiger partial charge is 0.503 e. The Balaban J connectivity index is 1.63. The van der Waals surface area contributed by atoms with Gasteiger partial charge in [0, 0.05) is 5.41 Å². The van der Waals surface area contributed by atoms with Crippen molar-refractivity contribution in [1.82, 2.24) is 25.3 Å². The number of aryl methyl sites for hydroxylation is 1. The third kappa shape index (κ3) is 4.82. The monoisotopic (exact) mass is 475 g/mol. The highest BCUT2D eigenvalue weighted by Gasteiger charge is 2.39. The van der Waals surface area contributed by atoms with Crippen LogP contribution in [-0.2, 0) is 24.7 Å². The molecule has 3 aromatic rings. The summed E-state index contributed by atoms with van der Waals surface area (Å²) in [6, 6.07) is 6.94. The average molecular weight is 475 g/mol. The van der Waals surface area contributed by atoms with Crippen LogP contribution >= 0.6 is 0 Å². The smallest absolute Gasteiger partial charge is 0.416 e. The van der Waals surface area contributed by atoms with E-state index < -0.39 is 39.9 Å². The maximum absolute atomic E-state index is 13.3. The Kier molecular flexibility index (Phi) is 6.20. The number of carbonyl (C=O) groups excluding carboxylic acids is 1. The normalized spacial score (nSPS) is 15.4. The number of nitrogens with one attached hydrogen (secondary N) is 2. The summed E-state index contributed by atoms with van der Waals surface area (Å²) in [6.45, 7) is 1.97. The molecule has 0 spiro atoms. The van der Waals surface area contributed by atoms with Crippen LogP contribution < -0.4 is 10.7 Å². The molecule has 4 rings (SSSR count). The average Bonchev–Trinajstić information content (AvgIpc) is 3.43. The number of hydrogen-bond acceptors (Lipinski definition) is 5. The fourth-order valence-corrected chi connectivity index (χ4v) is 4.51. The van der Waals surface area contributed by atoms with E-state index in [1.54, 1.807) is 19.1 Å². The number of nitrogens with zero attached hydrogens (tertiary/aromatic N) is 3. The summed E-state index contributed by atoms with van der Waals surface area (Å²) in [5.74, 6) is -1.43. The van der Waals surface area contributed by atoms with Crippen LogP contribution in [0.3, 0.4) is 0 Å². The van der Waals surface area contributed by atoms with E-state index >= 15 is 0 Å². The van der Waals surface area contributed by atoms with Crippen molar-refractivity contribution in [3.63, 3.8) is 0 Å². The number of aromatic amines is 1. The van der Waals surface area contributed by atoms with Crippen molar-refractivity contribution in [2.45, 2.75) is 57.3 Å². The SMILES string of the molecule is Cc1cc(CNC(=O)c2nn(CC3(c4cccc(C(F)(F)F)c4)CCCC3)cc(O)c2=O)[nH]n1. The van der Waals surface area contributed by atoms with E-state index in [1.165, 1.54) is 10.7 Å². The highest BCUT2D eigenvalue weighted by atomic mass is 19.4. The molecule has 8 nitrogen and oxygen atoms in total. The zero-order chi connectivity index (χ0) is 24.5. The quantitative estimate of drug-likeness (QED) is 0.506. The topological polar surface area (TPSA) is 113 Å². The molecule has 1 aliphatic carbocycles. The minimum absolute atomic E-state index is 0.0740. The van der Waals surface area contributed by atoms with Crippen molar-refractivity contribution in [2.24, 2.45) is 0 Å². The van der Waals surface area contributed by atoms with E-state index in [0.29, 0.717) is 24.1 Å². The maximum Gasteiger partial charge on any atom is 0.416 e. The van der Waals surface area contributed by atoms with Crippen molar-refractivity contribution < 1.29 is 23.1 Å². The van der Waals surface area contributed by atoms with Gasteiger partial charge in [-0.3, -0.25) is 19.4 Å². The van der Waals surface area contributed by atoms with E-state index in [0.717, 1.165) is 36.9 Å². The second-order valence-corrected chi connectivity index (χ2v) is 8.67. The number of carbonyl (C=O) groups is 1. The predicted molar refractivity (Wildman–Crippen MR) is 116 cm³/mol. The third-order valence-corrected chi connectivity index (χ3v) is 6.19. The molecule has 0 unspecified atom stereocenters. The highest BCUT2D eigenvalue weighted by molar-refractivity contribution is 5.92. The number of amides is 1. The van der Waals surface area contributed by atoms with E-state index in [4.69, 9.17) is 0 Å². The lowest BCUT2D eigenvalue weighted by Crippen LogP contribution is -2.34. The van der Waals surface area contributed by atoms with Gasteiger partial charge >= 0.3 is 6.18 Å². The van der Waals surface area contributed by atoms with Gasteiger partial charge in [-0.15, -0.1) is 0 Å². The highest BCUT2D eigenvalue weighted by Crippen LogP contribution is 2.44. The summed E-state index contributed by atoms with van der Waals surface area (Å²) >= 11 is 0. The molecule has 1 amide bonds. The van der Waals surface area contributed by atoms with Gasteiger partial charge in [0.15, 0.2) is 11.4 Å². The first-order chi connectivity index (χ1) is 16.1. The molecule has 1 fully saturated rings. The van der Waals surface area contributed by atoms with Crippen LogP contribution in [0.4, 0.5) is 13.2 Å². The Morgan fingerprint density at radius 3 is 2.65 bits per heavy atom. The fourth-order valence-electron chi connectivity index (χ4n) is 4.51. The zero-order valence-electron chi connectivity index (χ0n) is 18.4. The van der Waals surface area contributed by atoms with Gasteiger partial charge < -0.3 is 10.4 Å². The van der Waals surface area contributed by atoms with Crippen molar-refractivity contribution in [2.75, 3.05) is 0 Å². The minimum Gasteiger partial charge on any atom is -0.503 e. The van der Waals surface area contributed by atoms with Crippen molar-refractivity contribution in [3.8, 4) is 5.75 Å².